The van der Waals surface area contributed by atoms with Crippen molar-refractivity contribution in [3.8, 4) is 0 Å². The Morgan fingerprint density at radius 2 is 1.88 bits per heavy atom. The number of carboxylic acids is 1. The van der Waals surface area contributed by atoms with E-state index in [9.17, 15) is 18.4 Å². The number of benzene rings is 1. The molecule has 2 aliphatic rings. The van der Waals surface area contributed by atoms with E-state index in [1.165, 1.54) is 16.8 Å². The molecule has 1 atom stereocenters. The normalized spacial score (nSPS) is 19.2. The molecule has 2 aliphatic heterocycles. The molecule has 0 radical (unpaired) electrons. The molecule has 34 heavy (non-hydrogen) atoms. The quantitative estimate of drug-likeness (QED) is 0.613. The van der Waals surface area contributed by atoms with Crippen molar-refractivity contribution in [2.45, 2.75) is 38.1 Å². The number of carbonyl (C=O) groups is 2. The molecular formula is C24H25F2N5O3. The Morgan fingerprint density at radius 1 is 1.09 bits per heavy atom. The van der Waals surface area contributed by atoms with Gasteiger partial charge in [0.2, 0.25) is 0 Å². The Morgan fingerprint density at radius 3 is 2.65 bits per heavy atom. The fourth-order valence-corrected chi connectivity index (χ4v) is 5.06. The van der Waals surface area contributed by atoms with Crippen molar-refractivity contribution in [2.24, 2.45) is 5.92 Å². The number of anilines is 1. The first kappa shape index (κ1) is 22.2. The number of carbonyl (C=O) groups excluding carboxylic acids is 1. The van der Waals surface area contributed by atoms with Crippen LogP contribution in [-0.4, -0.2) is 56.1 Å². The second-order valence-electron chi connectivity index (χ2n) is 8.96. The van der Waals surface area contributed by atoms with Crippen molar-refractivity contribution < 1.29 is 23.5 Å². The van der Waals surface area contributed by atoms with Gasteiger partial charge in [-0.25, -0.2) is 18.3 Å². The molecule has 0 aliphatic carbocycles. The van der Waals surface area contributed by atoms with Crippen molar-refractivity contribution in [2.75, 3.05) is 24.5 Å². The smallest absolute Gasteiger partial charge is 0.303 e. The van der Waals surface area contributed by atoms with Gasteiger partial charge in [-0.1, -0.05) is 0 Å². The zero-order valence-electron chi connectivity index (χ0n) is 18.5. The van der Waals surface area contributed by atoms with E-state index in [1.807, 2.05) is 4.90 Å². The topological polar surface area (TPSA) is 91.0 Å². The molecule has 0 unspecified atom stereocenters. The van der Waals surface area contributed by atoms with E-state index in [2.05, 4.69) is 5.10 Å². The maximum absolute atomic E-state index is 14.5. The third-order valence-electron chi connectivity index (χ3n) is 6.81. The highest BCUT2D eigenvalue weighted by atomic mass is 19.1. The molecule has 8 nitrogen and oxygen atoms in total. The minimum absolute atomic E-state index is 0.0745. The van der Waals surface area contributed by atoms with E-state index in [0.717, 1.165) is 18.6 Å². The zero-order chi connectivity index (χ0) is 23.8. The van der Waals surface area contributed by atoms with Crippen molar-refractivity contribution in [1.82, 2.24) is 19.5 Å². The summed E-state index contributed by atoms with van der Waals surface area (Å²) in [5.74, 6) is -1.29. The van der Waals surface area contributed by atoms with Crippen LogP contribution in [0, 0.1) is 17.6 Å². The average Bonchev–Trinajstić information content (AvgIpc) is 3.47. The number of rotatable bonds is 5. The number of fused-ring (bicyclic) bond motifs is 1. The van der Waals surface area contributed by atoms with Crippen LogP contribution in [0.5, 0.6) is 0 Å². The van der Waals surface area contributed by atoms with Crippen LogP contribution in [0.2, 0.25) is 0 Å². The standard InChI is InChI=1S/C24H25F2N5O3/c25-16-3-4-19(26)17(13-16)20-2-1-8-30(20)21-7-11-31-23(28-21)18(14-27-31)24(34)29-9-5-15(6-10-29)12-22(32)33/h3-4,7,11,13-15,20H,1-2,5-6,8-10,12H2,(H,32,33)/t20-/m1/s1. The Balaban J connectivity index is 1.39. The number of hydrogen-bond acceptors (Lipinski definition) is 5. The Bertz CT molecular complexity index is 1240. The Hall–Kier alpha value is -3.56. The fourth-order valence-electron chi connectivity index (χ4n) is 5.06. The SMILES string of the molecule is O=C(O)CC1CCN(C(=O)c2cnn3ccc(N4CCC[C@@H]4c4cc(F)ccc4F)nc23)CC1. The molecule has 1 amide bonds. The molecule has 0 spiro atoms. The van der Waals surface area contributed by atoms with E-state index in [-0.39, 0.29) is 24.3 Å². The van der Waals surface area contributed by atoms with Crippen molar-refractivity contribution in [3.05, 3.63) is 59.4 Å². The monoisotopic (exact) mass is 469 g/mol. The molecule has 4 heterocycles. The van der Waals surface area contributed by atoms with Gasteiger partial charge >= 0.3 is 5.97 Å². The van der Waals surface area contributed by atoms with Gasteiger partial charge in [0, 0.05) is 37.8 Å². The first-order valence-electron chi connectivity index (χ1n) is 11.5. The summed E-state index contributed by atoms with van der Waals surface area (Å²) in [5.41, 5.74) is 1.07. The molecule has 10 heteroatoms. The summed E-state index contributed by atoms with van der Waals surface area (Å²) in [6.07, 6.45) is 6.09. The number of hydrogen-bond donors (Lipinski definition) is 1. The van der Waals surface area contributed by atoms with Crippen LogP contribution in [0.25, 0.3) is 5.65 Å². The van der Waals surface area contributed by atoms with Crippen LogP contribution >= 0.6 is 0 Å². The summed E-state index contributed by atoms with van der Waals surface area (Å²) in [6, 6.07) is 4.91. The Kier molecular flexibility index (Phi) is 5.89. The second-order valence-corrected chi connectivity index (χ2v) is 8.96. The lowest BCUT2D eigenvalue weighted by atomic mass is 9.93. The van der Waals surface area contributed by atoms with Crippen LogP contribution in [-0.2, 0) is 4.79 Å². The van der Waals surface area contributed by atoms with E-state index < -0.39 is 17.6 Å². The van der Waals surface area contributed by atoms with E-state index in [4.69, 9.17) is 10.1 Å². The minimum atomic E-state index is -0.817. The largest absolute Gasteiger partial charge is 0.481 e. The number of carboxylic acid groups (broad SMARTS) is 1. The summed E-state index contributed by atoms with van der Waals surface area (Å²) in [6.45, 7) is 1.61. The van der Waals surface area contributed by atoms with Gasteiger partial charge in [0.25, 0.3) is 5.91 Å². The molecule has 2 saturated heterocycles. The van der Waals surface area contributed by atoms with Crippen LogP contribution in [0.3, 0.4) is 0 Å². The van der Waals surface area contributed by atoms with Crippen molar-refractivity contribution in [3.63, 3.8) is 0 Å². The van der Waals surface area contributed by atoms with Gasteiger partial charge in [0.05, 0.1) is 12.2 Å². The van der Waals surface area contributed by atoms with Gasteiger partial charge in [-0.3, -0.25) is 9.59 Å². The molecule has 2 fully saturated rings. The summed E-state index contributed by atoms with van der Waals surface area (Å²) < 4.78 is 29.8. The van der Waals surface area contributed by atoms with Crippen LogP contribution in [0.4, 0.5) is 14.6 Å². The van der Waals surface area contributed by atoms with Gasteiger partial charge in [0.15, 0.2) is 5.65 Å². The number of aromatic nitrogens is 3. The number of amides is 1. The molecule has 5 rings (SSSR count). The predicted molar refractivity (Wildman–Crippen MR) is 120 cm³/mol. The molecule has 0 bridgehead atoms. The molecule has 0 saturated carbocycles. The van der Waals surface area contributed by atoms with Crippen LogP contribution in [0.15, 0.2) is 36.7 Å². The average molecular weight is 469 g/mol. The van der Waals surface area contributed by atoms with Gasteiger partial charge in [-0.15, -0.1) is 0 Å². The summed E-state index contributed by atoms with van der Waals surface area (Å²) >= 11 is 0. The lowest BCUT2D eigenvalue weighted by Gasteiger charge is -2.31. The maximum atomic E-state index is 14.5. The van der Waals surface area contributed by atoms with Crippen LogP contribution in [0.1, 0.15) is 54.1 Å². The molecular weight excluding hydrogens is 444 g/mol. The number of aliphatic carboxylic acids is 1. The highest BCUT2D eigenvalue weighted by molar-refractivity contribution is 5.99. The van der Waals surface area contributed by atoms with Crippen molar-refractivity contribution >= 4 is 23.3 Å². The highest BCUT2D eigenvalue weighted by Crippen LogP contribution is 2.37. The van der Waals surface area contributed by atoms with E-state index >= 15 is 0 Å². The molecule has 1 aromatic carbocycles. The number of halogens is 2. The third kappa shape index (κ3) is 4.20. The summed E-state index contributed by atoms with van der Waals surface area (Å²) in [4.78, 5) is 32.5. The summed E-state index contributed by atoms with van der Waals surface area (Å²) in [7, 11) is 0. The minimum Gasteiger partial charge on any atom is -0.481 e. The third-order valence-corrected chi connectivity index (χ3v) is 6.81. The molecule has 2 aromatic heterocycles. The fraction of sp³-hybridized carbons (Fsp3) is 0.417. The molecule has 3 aromatic rings. The van der Waals surface area contributed by atoms with Crippen LogP contribution < -0.4 is 4.90 Å². The van der Waals surface area contributed by atoms with Gasteiger partial charge in [0.1, 0.15) is 23.0 Å². The van der Waals surface area contributed by atoms with E-state index in [1.54, 1.807) is 17.2 Å². The number of nitrogens with zero attached hydrogens (tertiary/aromatic N) is 5. The highest BCUT2D eigenvalue weighted by Gasteiger charge is 2.31. The van der Waals surface area contributed by atoms with Gasteiger partial charge in [-0.05, 0) is 55.9 Å². The second kappa shape index (κ2) is 9.00. The first-order chi connectivity index (χ1) is 16.4. The lowest BCUT2D eigenvalue weighted by Crippen LogP contribution is -2.39. The maximum Gasteiger partial charge on any atom is 0.303 e. The predicted octanol–water partition coefficient (Wildman–Crippen LogP) is 3.68. The Labute approximate surface area is 194 Å². The van der Waals surface area contributed by atoms with Gasteiger partial charge < -0.3 is 14.9 Å². The van der Waals surface area contributed by atoms with Gasteiger partial charge in [-0.2, -0.15) is 5.10 Å². The number of likely N-dealkylation sites (tertiary alicyclic amines) is 1. The molecule has 1 N–H and O–H groups in total. The molecule has 178 valence electrons. The first-order valence-corrected chi connectivity index (χ1v) is 11.5. The number of piperidine rings is 1. The lowest BCUT2D eigenvalue weighted by molar-refractivity contribution is -0.138. The summed E-state index contributed by atoms with van der Waals surface area (Å²) in [5, 5.41) is 13.3. The van der Waals surface area contributed by atoms with Crippen molar-refractivity contribution in [1.29, 1.82) is 0 Å². The zero-order valence-corrected chi connectivity index (χ0v) is 18.5. The van der Waals surface area contributed by atoms with E-state index in [0.29, 0.717) is 61.5 Å².